The quantitative estimate of drug-likeness (QED) is 0.831. The van der Waals surface area contributed by atoms with Crippen molar-refractivity contribution in [1.29, 1.82) is 0 Å². The molecule has 0 N–H and O–H groups in total. The van der Waals surface area contributed by atoms with Crippen LogP contribution in [-0.2, 0) is 14.8 Å². The molecule has 0 radical (unpaired) electrons. The fourth-order valence-electron chi connectivity index (χ4n) is 2.83. The van der Waals surface area contributed by atoms with Gasteiger partial charge in [-0.2, -0.15) is 4.31 Å². The molecule has 0 bridgehead atoms. The molecular formula is C18H20ClNO3S. The molecule has 2 atom stereocenters. The zero-order valence-corrected chi connectivity index (χ0v) is 15.2. The van der Waals surface area contributed by atoms with Crippen LogP contribution in [-0.4, -0.2) is 31.9 Å². The van der Waals surface area contributed by atoms with E-state index in [0.717, 1.165) is 11.1 Å². The highest BCUT2D eigenvalue weighted by Gasteiger charge is 2.34. The maximum atomic E-state index is 12.9. The van der Waals surface area contributed by atoms with E-state index in [9.17, 15) is 8.42 Å². The van der Waals surface area contributed by atoms with Crippen molar-refractivity contribution in [2.45, 2.75) is 31.0 Å². The molecule has 2 aromatic rings. The van der Waals surface area contributed by atoms with E-state index in [0.29, 0.717) is 18.1 Å². The minimum atomic E-state index is -3.57. The Balaban J connectivity index is 1.87. The number of halogens is 1. The molecule has 1 saturated heterocycles. The predicted octanol–water partition coefficient (Wildman–Crippen LogP) is 3.80. The molecule has 128 valence electrons. The Labute approximate surface area is 148 Å². The van der Waals surface area contributed by atoms with Crippen LogP contribution in [0.5, 0.6) is 0 Å². The summed E-state index contributed by atoms with van der Waals surface area (Å²) in [7, 11) is -3.57. The van der Waals surface area contributed by atoms with E-state index in [2.05, 4.69) is 0 Å². The zero-order chi connectivity index (χ0) is 17.3. The maximum absolute atomic E-state index is 12.9. The van der Waals surface area contributed by atoms with Gasteiger partial charge in [0.05, 0.1) is 17.1 Å². The van der Waals surface area contributed by atoms with Crippen molar-refractivity contribution >= 4 is 21.6 Å². The molecule has 1 aliphatic heterocycles. The number of benzene rings is 2. The second-order valence-corrected chi connectivity index (χ2v) is 8.50. The highest BCUT2D eigenvalue weighted by atomic mass is 35.5. The van der Waals surface area contributed by atoms with Crippen molar-refractivity contribution in [3.05, 3.63) is 64.7 Å². The molecule has 3 rings (SSSR count). The summed E-state index contributed by atoms with van der Waals surface area (Å²) in [6.45, 7) is 4.56. The number of sulfonamides is 1. The summed E-state index contributed by atoms with van der Waals surface area (Å²) < 4.78 is 33.3. The third-order valence-corrected chi connectivity index (χ3v) is 6.23. The Morgan fingerprint density at radius 2 is 1.67 bits per heavy atom. The van der Waals surface area contributed by atoms with Gasteiger partial charge in [-0.15, -0.1) is 0 Å². The molecule has 24 heavy (non-hydrogen) atoms. The first-order valence-corrected chi connectivity index (χ1v) is 9.66. The van der Waals surface area contributed by atoms with Gasteiger partial charge in [0.25, 0.3) is 0 Å². The molecule has 6 heteroatoms. The van der Waals surface area contributed by atoms with E-state index in [1.807, 2.05) is 38.1 Å². The molecule has 2 aromatic carbocycles. The van der Waals surface area contributed by atoms with Gasteiger partial charge in [0.2, 0.25) is 10.0 Å². The zero-order valence-electron chi connectivity index (χ0n) is 13.6. The molecule has 0 amide bonds. The topological polar surface area (TPSA) is 46.6 Å². The summed E-state index contributed by atoms with van der Waals surface area (Å²) in [4.78, 5) is 0.253. The molecule has 1 aliphatic rings. The molecule has 2 unspecified atom stereocenters. The molecule has 0 saturated carbocycles. The van der Waals surface area contributed by atoms with Crippen molar-refractivity contribution in [3.8, 4) is 0 Å². The Bertz CT molecular complexity index is 803. The maximum Gasteiger partial charge on any atom is 0.243 e. The van der Waals surface area contributed by atoms with Crippen molar-refractivity contribution in [3.63, 3.8) is 0 Å². The van der Waals surface area contributed by atoms with Gasteiger partial charge in [0.1, 0.15) is 0 Å². The van der Waals surface area contributed by atoms with Gasteiger partial charge < -0.3 is 4.74 Å². The summed E-state index contributed by atoms with van der Waals surface area (Å²) in [5.74, 6) is 0. The highest BCUT2D eigenvalue weighted by Crippen LogP contribution is 2.29. The van der Waals surface area contributed by atoms with E-state index >= 15 is 0 Å². The van der Waals surface area contributed by atoms with Crippen molar-refractivity contribution in [1.82, 2.24) is 4.31 Å². The third-order valence-electron chi connectivity index (χ3n) is 4.13. The van der Waals surface area contributed by atoms with Crippen LogP contribution in [0.4, 0.5) is 0 Å². The predicted molar refractivity (Wildman–Crippen MR) is 94.7 cm³/mol. The van der Waals surface area contributed by atoms with E-state index < -0.39 is 10.0 Å². The van der Waals surface area contributed by atoms with Crippen molar-refractivity contribution in [2.24, 2.45) is 0 Å². The lowest BCUT2D eigenvalue weighted by molar-refractivity contribution is -0.0557. The first-order valence-electron chi connectivity index (χ1n) is 7.84. The van der Waals surface area contributed by atoms with Crippen LogP contribution in [0.25, 0.3) is 0 Å². The normalized spacial score (nSPS) is 22.5. The number of nitrogens with zero attached hydrogens (tertiary/aromatic N) is 1. The van der Waals surface area contributed by atoms with E-state index in [4.69, 9.17) is 16.3 Å². The number of morpholine rings is 1. The average molecular weight is 366 g/mol. The highest BCUT2D eigenvalue weighted by molar-refractivity contribution is 7.89. The SMILES string of the molecule is Cc1ccc(C2CN(S(=O)(=O)c3ccc(Cl)cc3)CC(C)O2)cc1. The summed E-state index contributed by atoms with van der Waals surface area (Å²) in [6.07, 6.45) is -0.441. The second kappa shape index (κ2) is 6.84. The Kier molecular flexibility index (Phi) is 4.97. The van der Waals surface area contributed by atoms with Crippen molar-refractivity contribution < 1.29 is 13.2 Å². The minimum absolute atomic E-state index is 0.174. The van der Waals surface area contributed by atoms with Crippen LogP contribution in [0.3, 0.4) is 0 Å². The van der Waals surface area contributed by atoms with Crippen LogP contribution in [0.2, 0.25) is 5.02 Å². The van der Waals surface area contributed by atoms with Crippen LogP contribution < -0.4 is 0 Å². The lowest BCUT2D eigenvalue weighted by Crippen LogP contribution is -2.45. The number of ether oxygens (including phenoxy) is 1. The summed E-state index contributed by atoms with van der Waals surface area (Å²) >= 11 is 5.86. The van der Waals surface area contributed by atoms with Gasteiger partial charge in [-0.25, -0.2) is 8.42 Å². The van der Waals surface area contributed by atoms with Gasteiger partial charge in [0, 0.05) is 18.1 Å². The average Bonchev–Trinajstić information content (AvgIpc) is 2.55. The minimum Gasteiger partial charge on any atom is -0.368 e. The molecule has 1 fully saturated rings. The van der Waals surface area contributed by atoms with Gasteiger partial charge in [-0.1, -0.05) is 41.4 Å². The molecule has 1 heterocycles. The Hall–Kier alpha value is -1.40. The molecule has 0 aromatic heterocycles. The second-order valence-electron chi connectivity index (χ2n) is 6.12. The standard InChI is InChI=1S/C18H20ClNO3S/c1-13-3-5-15(6-4-13)18-12-20(11-14(2)23-18)24(21,22)17-9-7-16(19)8-10-17/h3-10,14,18H,11-12H2,1-2H3. The van der Waals surface area contributed by atoms with Gasteiger partial charge in [0.15, 0.2) is 0 Å². The first kappa shape index (κ1) is 17.4. The summed E-state index contributed by atoms with van der Waals surface area (Å²) in [5.41, 5.74) is 2.15. The fourth-order valence-corrected chi connectivity index (χ4v) is 4.47. The largest absolute Gasteiger partial charge is 0.368 e. The summed E-state index contributed by atoms with van der Waals surface area (Å²) in [6, 6.07) is 14.3. The summed E-state index contributed by atoms with van der Waals surface area (Å²) in [5, 5.41) is 0.516. The molecule has 0 spiro atoms. The Morgan fingerprint density at radius 3 is 2.29 bits per heavy atom. The van der Waals surface area contributed by atoms with Gasteiger partial charge >= 0.3 is 0 Å². The Morgan fingerprint density at radius 1 is 1.04 bits per heavy atom. The van der Waals surface area contributed by atoms with Gasteiger partial charge in [-0.3, -0.25) is 0 Å². The van der Waals surface area contributed by atoms with Crippen LogP contribution in [0.15, 0.2) is 53.4 Å². The van der Waals surface area contributed by atoms with Gasteiger partial charge in [-0.05, 0) is 43.7 Å². The smallest absolute Gasteiger partial charge is 0.243 e. The monoisotopic (exact) mass is 365 g/mol. The van der Waals surface area contributed by atoms with Crippen LogP contribution in [0.1, 0.15) is 24.2 Å². The van der Waals surface area contributed by atoms with Crippen molar-refractivity contribution in [2.75, 3.05) is 13.1 Å². The first-order chi connectivity index (χ1) is 11.4. The number of aryl methyl sites for hydroxylation is 1. The molecule has 0 aliphatic carbocycles. The third kappa shape index (κ3) is 3.64. The van der Waals surface area contributed by atoms with Crippen LogP contribution >= 0.6 is 11.6 Å². The molecule has 4 nitrogen and oxygen atoms in total. The number of hydrogen-bond donors (Lipinski definition) is 0. The number of hydrogen-bond acceptors (Lipinski definition) is 3. The van der Waals surface area contributed by atoms with E-state index in [1.54, 1.807) is 24.3 Å². The van der Waals surface area contributed by atoms with Crippen LogP contribution in [0, 0.1) is 6.92 Å². The fraction of sp³-hybridized carbons (Fsp3) is 0.333. The lowest BCUT2D eigenvalue weighted by atomic mass is 10.1. The number of rotatable bonds is 3. The lowest BCUT2D eigenvalue weighted by Gasteiger charge is -2.36. The molecular weight excluding hydrogens is 346 g/mol. The van der Waals surface area contributed by atoms with E-state index in [-0.39, 0.29) is 17.1 Å². The van der Waals surface area contributed by atoms with E-state index in [1.165, 1.54) is 4.31 Å².